The summed E-state index contributed by atoms with van der Waals surface area (Å²) in [5.74, 6) is 0. The molecule has 1 aliphatic heterocycles. The first-order valence-corrected chi connectivity index (χ1v) is 10.0. The summed E-state index contributed by atoms with van der Waals surface area (Å²) in [6.45, 7) is 3.31. The van der Waals surface area contributed by atoms with Crippen LogP contribution in [0, 0.1) is 0 Å². The second kappa shape index (κ2) is 7.68. The zero-order chi connectivity index (χ0) is 20.5. The van der Waals surface area contributed by atoms with Crippen LogP contribution in [0.15, 0.2) is 65.6 Å². The molecule has 152 valence electrons. The van der Waals surface area contributed by atoms with E-state index in [9.17, 15) is 4.79 Å². The van der Waals surface area contributed by atoms with Crippen molar-refractivity contribution in [2.75, 3.05) is 36.5 Å². The molecule has 0 spiro atoms. The van der Waals surface area contributed by atoms with Gasteiger partial charge in [-0.1, -0.05) is 6.07 Å². The van der Waals surface area contributed by atoms with Crippen molar-refractivity contribution < 1.29 is 4.74 Å². The van der Waals surface area contributed by atoms with Crippen molar-refractivity contribution in [1.82, 2.24) is 14.8 Å². The number of ether oxygens (including phenoxy) is 1. The summed E-state index contributed by atoms with van der Waals surface area (Å²) >= 11 is 0. The number of hydrogen-bond acceptors (Lipinski definition) is 5. The van der Waals surface area contributed by atoms with Crippen molar-refractivity contribution in [3.63, 3.8) is 0 Å². The van der Waals surface area contributed by atoms with Crippen molar-refractivity contribution in [3.8, 4) is 11.3 Å². The van der Waals surface area contributed by atoms with Crippen LogP contribution in [0.4, 0.5) is 17.1 Å². The topological polar surface area (TPSA) is 75.2 Å². The lowest BCUT2D eigenvalue weighted by molar-refractivity contribution is 0.122. The average Bonchev–Trinajstić information content (AvgIpc) is 3.33. The van der Waals surface area contributed by atoms with Crippen LogP contribution >= 0.6 is 0 Å². The number of pyridine rings is 1. The molecule has 4 aromatic rings. The number of nitrogens with one attached hydrogen (secondary N) is 2. The van der Waals surface area contributed by atoms with Crippen LogP contribution in [0.25, 0.3) is 22.2 Å². The van der Waals surface area contributed by atoms with Crippen LogP contribution in [0.2, 0.25) is 0 Å². The molecule has 7 nitrogen and oxygen atoms in total. The number of anilines is 3. The Balaban J connectivity index is 1.46. The molecule has 0 bridgehead atoms. The largest absolute Gasteiger partial charge is 0.378 e. The Morgan fingerprint density at radius 2 is 1.83 bits per heavy atom. The number of aromatic amines is 1. The normalized spacial score (nSPS) is 14.2. The molecule has 2 aromatic carbocycles. The maximum absolute atomic E-state index is 12.9. The number of aromatic nitrogens is 3. The number of rotatable bonds is 4. The van der Waals surface area contributed by atoms with Gasteiger partial charge in [-0.2, -0.15) is 5.10 Å². The van der Waals surface area contributed by atoms with Gasteiger partial charge < -0.3 is 19.5 Å². The van der Waals surface area contributed by atoms with Gasteiger partial charge in [0.05, 0.1) is 24.4 Å². The van der Waals surface area contributed by atoms with Gasteiger partial charge in [0.15, 0.2) is 0 Å². The molecule has 1 fully saturated rings. The fourth-order valence-electron chi connectivity index (χ4n) is 3.89. The van der Waals surface area contributed by atoms with E-state index in [-0.39, 0.29) is 5.56 Å². The van der Waals surface area contributed by atoms with Gasteiger partial charge in [0.1, 0.15) is 5.69 Å². The van der Waals surface area contributed by atoms with Crippen LogP contribution in [-0.2, 0) is 11.8 Å². The van der Waals surface area contributed by atoms with Crippen molar-refractivity contribution in [1.29, 1.82) is 0 Å². The Bertz CT molecular complexity index is 1220. The predicted molar refractivity (Wildman–Crippen MR) is 120 cm³/mol. The van der Waals surface area contributed by atoms with E-state index in [2.05, 4.69) is 38.6 Å². The summed E-state index contributed by atoms with van der Waals surface area (Å²) in [6, 6.07) is 18.0. The molecule has 2 N–H and O–H groups in total. The number of morpholine rings is 1. The molecule has 30 heavy (non-hydrogen) atoms. The third-order valence-corrected chi connectivity index (χ3v) is 5.56. The molecule has 1 saturated heterocycles. The summed E-state index contributed by atoms with van der Waals surface area (Å²) in [4.78, 5) is 15.2. The molecule has 0 amide bonds. The summed E-state index contributed by atoms with van der Waals surface area (Å²) in [6.07, 6.45) is 1.73. The van der Waals surface area contributed by atoms with Gasteiger partial charge in [-0.05, 0) is 48.5 Å². The number of nitrogens with zero attached hydrogens (tertiary/aromatic N) is 3. The highest BCUT2D eigenvalue weighted by atomic mass is 16.5. The lowest BCUT2D eigenvalue weighted by Gasteiger charge is -2.28. The Morgan fingerprint density at radius 1 is 1.03 bits per heavy atom. The number of H-pyrrole nitrogens is 1. The van der Waals surface area contributed by atoms with E-state index in [1.807, 2.05) is 36.4 Å². The third kappa shape index (κ3) is 3.44. The summed E-state index contributed by atoms with van der Waals surface area (Å²) < 4.78 is 7.10. The Kier molecular flexibility index (Phi) is 4.72. The van der Waals surface area contributed by atoms with E-state index in [1.165, 1.54) is 5.69 Å². The van der Waals surface area contributed by atoms with E-state index >= 15 is 0 Å². The van der Waals surface area contributed by atoms with Crippen LogP contribution in [-0.4, -0.2) is 41.1 Å². The van der Waals surface area contributed by atoms with Crippen LogP contribution in [0.5, 0.6) is 0 Å². The molecular formula is C23H23N5O2. The van der Waals surface area contributed by atoms with Crippen LogP contribution < -0.4 is 15.8 Å². The molecule has 2 aromatic heterocycles. The predicted octanol–water partition coefficient (Wildman–Crippen LogP) is 3.51. The van der Waals surface area contributed by atoms with Gasteiger partial charge in [-0.3, -0.25) is 9.89 Å². The van der Waals surface area contributed by atoms with Crippen molar-refractivity contribution >= 4 is 28.0 Å². The molecule has 0 aliphatic carbocycles. The van der Waals surface area contributed by atoms with Gasteiger partial charge in [-0.25, -0.2) is 0 Å². The Labute approximate surface area is 173 Å². The fraction of sp³-hybridized carbons (Fsp3) is 0.217. The smallest absolute Gasteiger partial charge is 0.274 e. The molecule has 0 unspecified atom stereocenters. The molecule has 7 heteroatoms. The van der Waals surface area contributed by atoms with Crippen LogP contribution in [0.1, 0.15) is 0 Å². The molecule has 0 atom stereocenters. The minimum Gasteiger partial charge on any atom is -0.378 e. The highest BCUT2D eigenvalue weighted by Crippen LogP contribution is 2.25. The van der Waals surface area contributed by atoms with Crippen molar-refractivity contribution in [2.24, 2.45) is 7.05 Å². The van der Waals surface area contributed by atoms with E-state index in [0.717, 1.165) is 54.2 Å². The maximum Gasteiger partial charge on any atom is 0.274 e. The zero-order valence-corrected chi connectivity index (χ0v) is 16.8. The fourth-order valence-corrected chi connectivity index (χ4v) is 3.89. The first-order valence-electron chi connectivity index (χ1n) is 10.0. The lowest BCUT2D eigenvalue weighted by atomic mass is 10.1. The highest BCUT2D eigenvalue weighted by Gasteiger charge is 2.12. The number of fused-ring (bicyclic) bond motifs is 1. The quantitative estimate of drug-likeness (QED) is 0.547. The Morgan fingerprint density at radius 3 is 2.57 bits per heavy atom. The Hall–Kier alpha value is -3.58. The van der Waals surface area contributed by atoms with E-state index < -0.39 is 0 Å². The summed E-state index contributed by atoms with van der Waals surface area (Å²) in [5.41, 5.74) is 5.39. The number of hydrogen-bond donors (Lipinski definition) is 2. The third-order valence-electron chi connectivity index (χ3n) is 5.56. The average molecular weight is 401 g/mol. The minimum absolute atomic E-state index is 0.0611. The van der Waals surface area contributed by atoms with Gasteiger partial charge in [0.2, 0.25) is 0 Å². The molecule has 0 radical (unpaired) electrons. The monoisotopic (exact) mass is 401 g/mol. The van der Waals surface area contributed by atoms with E-state index in [0.29, 0.717) is 5.69 Å². The zero-order valence-electron chi connectivity index (χ0n) is 16.8. The molecule has 1 aliphatic rings. The number of benzene rings is 2. The molecule has 5 rings (SSSR count). The van der Waals surface area contributed by atoms with Gasteiger partial charge in [0.25, 0.3) is 5.56 Å². The summed E-state index contributed by atoms with van der Waals surface area (Å²) in [5, 5.41) is 11.3. The van der Waals surface area contributed by atoms with Gasteiger partial charge >= 0.3 is 0 Å². The van der Waals surface area contributed by atoms with E-state index in [4.69, 9.17) is 4.74 Å². The second-order valence-corrected chi connectivity index (χ2v) is 7.44. The second-order valence-electron chi connectivity index (χ2n) is 7.44. The highest BCUT2D eigenvalue weighted by molar-refractivity contribution is 5.87. The van der Waals surface area contributed by atoms with Crippen molar-refractivity contribution in [3.05, 3.63) is 71.1 Å². The SMILES string of the molecule is Cn1c(=O)c(Nc2ccc(N3CCOCC3)cc2)cc2cc(-c3ccn[nH]3)ccc21. The van der Waals surface area contributed by atoms with E-state index in [1.54, 1.807) is 17.8 Å². The maximum atomic E-state index is 12.9. The standard InChI is InChI=1S/C23H23N5O2/c1-27-22-7-2-16(20-8-9-24-26-20)14-17(22)15-21(23(27)29)25-18-3-5-19(6-4-18)28-10-12-30-13-11-28/h2-9,14-15,25H,10-13H2,1H3,(H,24,26). The first-order chi connectivity index (χ1) is 14.7. The number of aryl methyl sites for hydroxylation is 1. The van der Waals surface area contributed by atoms with Crippen LogP contribution in [0.3, 0.4) is 0 Å². The molecule has 3 heterocycles. The molecule has 0 saturated carbocycles. The van der Waals surface area contributed by atoms with Gasteiger partial charge in [0, 0.05) is 48.7 Å². The summed E-state index contributed by atoms with van der Waals surface area (Å²) in [7, 11) is 1.80. The molecular weight excluding hydrogens is 378 g/mol. The van der Waals surface area contributed by atoms with Crippen molar-refractivity contribution in [2.45, 2.75) is 0 Å². The minimum atomic E-state index is -0.0611. The van der Waals surface area contributed by atoms with Gasteiger partial charge in [-0.15, -0.1) is 0 Å². The first kappa shape index (κ1) is 18.4. The lowest BCUT2D eigenvalue weighted by Crippen LogP contribution is -2.36.